The second-order valence-electron chi connectivity index (χ2n) is 5.72. The number of nitro groups is 1. The number of hydrogen-bond donors (Lipinski definition) is 1. The molecule has 1 aromatic carbocycles. The van der Waals surface area contributed by atoms with Crippen LogP contribution in [-0.4, -0.2) is 33.7 Å². The van der Waals surface area contributed by atoms with Crippen molar-refractivity contribution >= 4 is 23.4 Å². The molecule has 0 atom stereocenters. The number of esters is 1. The number of benzene rings is 1. The summed E-state index contributed by atoms with van der Waals surface area (Å²) in [6, 6.07) is 3.47. The Balaban J connectivity index is 1.95. The van der Waals surface area contributed by atoms with Gasteiger partial charge in [-0.25, -0.2) is 4.79 Å². The van der Waals surface area contributed by atoms with Crippen molar-refractivity contribution in [2.24, 2.45) is 7.05 Å². The van der Waals surface area contributed by atoms with Gasteiger partial charge in [0.25, 0.3) is 11.6 Å². The van der Waals surface area contributed by atoms with Crippen molar-refractivity contribution in [3.8, 4) is 0 Å². The van der Waals surface area contributed by atoms with Crippen LogP contribution in [0.5, 0.6) is 0 Å². The fraction of sp³-hybridized carbons (Fsp3) is 0.312. The van der Waals surface area contributed by atoms with Crippen LogP contribution in [-0.2, 0) is 24.6 Å². The van der Waals surface area contributed by atoms with Crippen molar-refractivity contribution < 1.29 is 19.2 Å². The summed E-state index contributed by atoms with van der Waals surface area (Å²) in [4.78, 5) is 34.7. The lowest BCUT2D eigenvalue weighted by Crippen LogP contribution is -2.17. The third-order valence-corrected chi connectivity index (χ3v) is 4.11. The number of hydrogen-bond acceptors (Lipinski definition) is 6. The number of amides is 1. The Hall–Kier alpha value is -3.23. The zero-order valence-corrected chi connectivity index (χ0v) is 13.7. The van der Waals surface area contributed by atoms with Gasteiger partial charge in [0.2, 0.25) is 0 Å². The Bertz CT molecular complexity index is 887. The van der Waals surface area contributed by atoms with E-state index in [0.717, 1.165) is 42.7 Å². The molecule has 1 aliphatic carbocycles. The van der Waals surface area contributed by atoms with E-state index >= 15 is 0 Å². The van der Waals surface area contributed by atoms with Crippen molar-refractivity contribution in [3.05, 3.63) is 50.7 Å². The number of fused-ring (bicyclic) bond motifs is 1. The second-order valence-corrected chi connectivity index (χ2v) is 5.72. The molecule has 1 N–H and O–H groups in total. The highest BCUT2D eigenvalue weighted by atomic mass is 16.6. The first-order valence-electron chi connectivity index (χ1n) is 7.64. The van der Waals surface area contributed by atoms with Gasteiger partial charge in [-0.3, -0.25) is 19.6 Å². The first-order valence-corrected chi connectivity index (χ1v) is 7.64. The van der Waals surface area contributed by atoms with Crippen molar-refractivity contribution in [3.63, 3.8) is 0 Å². The molecular formula is C16H16N4O5. The van der Waals surface area contributed by atoms with Crippen LogP contribution in [0.25, 0.3) is 0 Å². The predicted molar refractivity (Wildman–Crippen MR) is 87.6 cm³/mol. The monoisotopic (exact) mass is 344 g/mol. The summed E-state index contributed by atoms with van der Waals surface area (Å²) in [7, 11) is 2.89. The molecule has 0 saturated carbocycles. The molecule has 9 nitrogen and oxygen atoms in total. The van der Waals surface area contributed by atoms with E-state index in [1.165, 1.54) is 13.2 Å². The van der Waals surface area contributed by atoms with Crippen molar-refractivity contribution in [2.75, 3.05) is 12.4 Å². The van der Waals surface area contributed by atoms with Crippen molar-refractivity contribution in [1.82, 2.24) is 9.78 Å². The van der Waals surface area contributed by atoms with E-state index < -0.39 is 16.8 Å². The molecule has 0 unspecified atom stereocenters. The molecule has 0 saturated heterocycles. The molecular weight excluding hydrogens is 328 g/mol. The minimum atomic E-state index is -0.751. The molecule has 3 rings (SSSR count). The minimum Gasteiger partial charge on any atom is -0.465 e. The van der Waals surface area contributed by atoms with Gasteiger partial charge >= 0.3 is 5.97 Å². The van der Waals surface area contributed by atoms with Crippen LogP contribution >= 0.6 is 0 Å². The summed E-state index contributed by atoms with van der Waals surface area (Å²) in [5, 5.41) is 18.2. The summed E-state index contributed by atoms with van der Waals surface area (Å²) in [6.07, 6.45) is 2.66. The molecule has 0 spiro atoms. The predicted octanol–water partition coefficient (Wildman–Crippen LogP) is 1.86. The maximum atomic E-state index is 12.6. The number of rotatable bonds is 4. The van der Waals surface area contributed by atoms with E-state index in [2.05, 4.69) is 15.2 Å². The molecule has 0 fully saturated rings. The Morgan fingerprint density at radius 1 is 1.28 bits per heavy atom. The van der Waals surface area contributed by atoms with E-state index in [9.17, 15) is 19.7 Å². The van der Waals surface area contributed by atoms with Crippen LogP contribution in [0.1, 0.15) is 38.4 Å². The second kappa shape index (κ2) is 6.34. The fourth-order valence-electron chi connectivity index (χ4n) is 2.94. The highest BCUT2D eigenvalue weighted by Crippen LogP contribution is 2.28. The Morgan fingerprint density at radius 2 is 2.00 bits per heavy atom. The molecule has 1 aliphatic rings. The van der Waals surface area contributed by atoms with Gasteiger partial charge in [0.05, 0.1) is 23.3 Å². The van der Waals surface area contributed by atoms with Gasteiger partial charge in [-0.2, -0.15) is 5.10 Å². The van der Waals surface area contributed by atoms with Crippen LogP contribution in [0.3, 0.4) is 0 Å². The van der Waals surface area contributed by atoms with E-state index in [1.54, 1.807) is 11.7 Å². The highest BCUT2D eigenvalue weighted by Gasteiger charge is 2.24. The van der Waals surface area contributed by atoms with Crippen LogP contribution in [0.2, 0.25) is 0 Å². The molecule has 25 heavy (non-hydrogen) atoms. The van der Waals surface area contributed by atoms with Crippen LogP contribution in [0.4, 0.5) is 11.5 Å². The molecule has 1 amide bonds. The lowest BCUT2D eigenvalue weighted by Gasteiger charge is -2.09. The number of ether oxygens (including phenoxy) is 1. The standard InChI is InChI=1S/C16H16N4O5/c1-19-14(12-4-3-5-13(12)18-19)17-15(21)9-6-10(16(22)25-2)8-11(7-9)20(23)24/h6-8H,3-5H2,1-2H3,(H,17,21). The molecule has 1 heterocycles. The zero-order valence-electron chi connectivity index (χ0n) is 13.7. The van der Waals surface area contributed by atoms with Crippen molar-refractivity contribution in [2.45, 2.75) is 19.3 Å². The zero-order chi connectivity index (χ0) is 18.1. The summed E-state index contributed by atoms with van der Waals surface area (Å²) in [6.45, 7) is 0. The average molecular weight is 344 g/mol. The number of aromatic nitrogens is 2. The number of methoxy groups -OCH3 is 1. The number of carbonyl (C=O) groups is 2. The van der Waals surface area contributed by atoms with Gasteiger partial charge < -0.3 is 10.1 Å². The Kier molecular flexibility index (Phi) is 4.22. The number of anilines is 1. The number of carbonyl (C=O) groups excluding carboxylic acids is 2. The number of nitrogens with zero attached hydrogens (tertiary/aromatic N) is 3. The average Bonchev–Trinajstić information content (AvgIpc) is 3.16. The van der Waals surface area contributed by atoms with Crippen LogP contribution < -0.4 is 5.32 Å². The van der Waals surface area contributed by atoms with E-state index in [0.29, 0.717) is 5.82 Å². The number of aryl methyl sites for hydroxylation is 2. The number of non-ortho nitro benzene ring substituents is 1. The topological polar surface area (TPSA) is 116 Å². The van der Waals surface area contributed by atoms with E-state index in [1.807, 2.05) is 0 Å². The molecule has 0 bridgehead atoms. The lowest BCUT2D eigenvalue weighted by atomic mass is 10.1. The summed E-state index contributed by atoms with van der Waals surface area (Å²) in [5.41, 5.74) is 1.52. The summed E-state index contributed by atoms with van der Waals surface area (Å²) in [5.74, 6) is -0.727. The minimum absolute atomic E-state index is 0.00236. The van der Waals surface area contributed by atoms with Crippen LogP contribution in [0.15, 0.2) is 18.2 Å². The van der Waals surface area contributed by atoms with Gasteiger partial charge in [-0.15, -0.1) is 0 Å². The Morgan fingerprint density at radius 3 is 2.68 bits per heavy atom. The molecule has 2 aromatic rings. The van der Waals surface area contributed by atoms with Gasteiger partial charge in [0.15, 0.2) is 0 Å². The normalized spacial score (nSPS) is 12.6. The fourth-order valence-corrected chi connectivity index (χ4v) is 2.94. The number of nitrogens with one attached hydrogen (secondary N) is 1. The molecule has 9 heteroatoms. The maximum Gasteiger partial charge on any atom is 0.338 e. The molecule has 0 radical (unpaired) electrons. The first kappa shape index (κ1) is 16.6. The maximum absolute atomic E-state index is 12.6. The first-order chi connectivity index (χ1) is 11.9. The quantitative estimate of drug-likeness (QED) is 0.514. The molecule has 0 aliphatic heterocycles. The SMILES string of the molecule is COC(=O)c1cc(C(=O)Nc2c3c(nn2C)CCC3)cc([N+](=O)[O-])c1. The van der Waals surface area contributed by atoms with E-state index in [4.69, 9.17) is 0 Å². The third-order valence-electron chi connectivity index (χ3n) is 4.11. The van der Waals surface area contributed by atoms with Gasteiger partial charge in [0.1, 0.15) is 5.82 Å². The number of nitro benzene ring substituents is 1. The van der Waals surface area contributed by atoms with Gasteiger partial charge in [-0.05, 0) is 25.3 Å². The van der Waals surface area contributed by atoms with Gasteiger partial charge in [-0.1, -0.05) is 0 Å². The van der Waals surface area contributed by atoms with Crippen LogP contribution in [0, 0.1) is 10.1 Å². The Labute approximate surface area is 142 Å². The van der Waals surface area contributed by atoms with Crippen molar-refractivity contribution in [1.29, 1.82) is 0 Å². The molecule has 130 valence electrons. The van der Waals surface area contributed by atoms with E-state index in [-0.39, 0.29) is 16.8 Å². The highest BCUT2D eigenvalue weighted by molar-refractivity contribution is 6.06. The smallest absolute Gasteiger partial charge is 0.338 e. The third kappa shape index (κ3) is 3.08. The lowest BCUT2D eigenvalue weighted by molar-refractivity contribution is -0.384. The summed E-state index contributed by atoms with van der Waals surface area (Å²) >= 11 is 0. The largest absolute Gasteiger partial charge is 0.465 e. The molecule has 1 aromatic heterocycles. The van der Waals surface area contributed by atoms with Gasteiger partial charge in [0, 0.05) is 30.3 Å². The summed E-state index contributed by atoms with van der Waals surface area (Å²) < 4.78 is 6.17.